The fourth-order valence-corrected chi connectivity index (χ4v) is 7.06. The molecule has 2 atom stereocenters. The zero-order valence-corrected chi connectivity index (χ0v) is 33.5. The molecule has 0 spiro atoms. The largest absolute Gasteiger partial charge is 0.394 e. The third kappa shape index (κ3) is 38.2. The normalized spacial score (nSPS) is 13.0. The minimum absolute atomic E-state index is 0.0591. The fraction of sp³-hybridized carbons (Fsp3) is 0.933. The van der Waals surface area contributed by atoms with Crippen LogP contribution in [0.25, 0.3) is 0 Å². The van der Waals surface area contributed by atoms with Crippen LogP contribution < -0.4 is 5.32 Å². The standard InChI is InChI=1S/C45H89NO3/c1-3-5-7-9-11-13-15-17-19-21-23-24-26-28-30-32-34-36-38-40-44(48)43(42-47)46-45(49)41-39-37-35-33-31-29-27-25-22-20-18-16-14-12-10-8-6-4-2/h38,40,43-44,47-48H,3-37,39,41-42H2,1-2H3,(H,46,49)/b40-38+. The maximum Gasteiger partial charge on any atom is 0.220 e. The SMILES string of the molecule is CCCCCCCCCCCCCCCCCCC/C=C/C(O)C(CO)NC(=O)CCCCCCCCCCCCCCCCCCCC. The number of carbonyl (C=O) groups is 1. The Morgan fingerprint density at radius 3 is 1.06 bits per heavy atom. The lowest BCUT2D eigenvalue weighted by Gasteiger charge is -2.20. The van der Waals surface area contributed by atoms with Crippen LogP contribution in [0.3, 0.4) is 0 Å². The van der Waals surface area contributed by atoms with E-state index in [1.54, 1.807) is 6.08 Å². The summed E-state index contributed by atoms with van der Waals surface area (Å²) < 4.78 is 0. The lowest BCUT2D eigenvalue weighted by Crippen LogP contribution is -2.45. The van der Waals surface area contributed by atoms with E-state index in [-0.39, 0.29) is 12.5 Å². The molecular formula is C45H89NO3. The van der Waals surface area contributed by atoms with Crippen LogP contribution >= 0.6 is 0 Å². The highest BCUT2D eigenvalue weighted by atomic mass is 16.3. The van der Waals surface area contributed by atoms with E-state index >= 15 is 0 Å². The molecule has 0 heterocycles. The summed E-state index contributed by atoms with van der Waals surface area (Å²) in [6, 6.07) is -0.616. The van der Waals surface area contributed by atoms with Crippen molar-refractivity contribution in [1.82, 2.24) is 5.32 Å². The molecule has 0 saturated carbocycles. The van der Waals surface area contributed by atoms with Gasteiger partial charge in [0.25, 0.3) is 0 Å². The van der Waals surface area contributed by atoms with E-state index in [1.165, 1.54) is 205 Å². The van der Waals surface area contributed by atoms with Gasteiger partial charge in [0, 0.05) is 6.42 Å². The average Bonchev–Trinajstić information content (AvgIpc) is 3.10. The maximum absolute atomic E-state index is 12.4. The zero-order chi connectivity index (χ0) is 35.7. The number of hydrogen-bond donors (Lipinski definition) is 3. The Bertz CT molecular complexity index is 666. The Morgan fingerprint density at radius 2 is 0.755 bits per heavy atom. The molecule has 0 bridgehead atoms. The van der Waals surface area contributed by atoms with Crippen molar-refractivity contribution >= 4 is 5.91 Å². The number of carbonyl (C=O) groups excluding carboxylic acids is 1. The fourth-order valence-electron chi connectivity index (χ4n) is 7.06. The van der Waals surface area contributed by atoms with E-state index < -0.39 is 12.1 Å². The molecule has 2 unspecified atom stereocenters. The summed E-state index contributed by atoms with van der Waals surface area (Å²) in [5.41, 5.74) is 0. The molecule has 0 aromatic carbocycles. The number of amides is 1. The highest BCUT2D eigenvalue weighted by molar-refractivity contribution is 5.76. The van der Waals surface area contributed by atoms with Gasteiger partial charge in [0.15, 0.2) is 0 Å². The first-order valence-electron chi connectivity index (χ1n) is 22.4. The topological polar surface area (TPSA) is 69.6 Å². The van der Waals surface area contributed by atoms with Crippen LogP contribution in [-0.4, -0.2) is 34.9 Å². The van der Waals surface area contributed by atoms with Crippen molar-refractivity contribution in [2.24, 2.45) is 0 Å². The first-order valence-corrected chi connectivity index (χ1v) is 22.4. The molecule has 0 radical (unpaired) electrons. The van der Waals surface area contributed by atoms with E-state index in [1.807, 2.05) is 6.08 Å². The molecule has 0 aromatic rings. The van der Waals surface area contributed by atoms with Gasteiger partial charge >= 0.3 is 0 Å². The Kier molecular flexibility index (Phi) is 40.8. The van der Waals surface area contributed by atoms with Crippen molar-refractivity contribution in [3.8, 4) is 0 Å². The molecule has 0 aliphatic carbocycles. The molecule has 0 fully saturated rings. The van der Waals surface area contributed by atoms with Crippen LogP contribution in [0.4, 0.5) is 0 Å². The van der Waals surface area contributed by atoms with Crippen molar-refractivity contribution < 1.29 is 15.0 Å². The minimum atomic E-state index is -0.833. The zero-order valence-electron chi connectivity index (χ0n) is 33.5. The van der Waals surface area contributed by atoms with E-state index in [0.717, 1.165) is 25.7 Å². The summed E-state index contributed by atoms with van der Waals surface area (Å²) in [7, 11) is 0. The van der Waals surface area contributed by atoms with Crippen molar-refractivity contribution in [3.05, 3.63) is 12.2 Å². The van der Waals surface area contributed by atoms with Crippen molar-refractivity contribution in [2.45, 2.75) is 264 Å². The first-order chi connectivity index (χ1) is 24.2. The van der Waals surface area contributed by atoms with Crippen LogP contribution in [0.5, 0.6) is 0 Å². The number of aliphatic hydroxyl groups excluding tert-OH is 2. The van der Waals surface area contributed by atoms with Crippen LogP contribution in [0.2, 0.25) is 0 Å². The van der Waals surface area contributed by atoms with Gasteiger partial charge in [-0.15, -0.1) is 0 Å². The Labute approximate surface area is 307 Å². The number of hydrogen-bond acceptors (Lipinski definition) is 3. The molecular weight excluding hydrogens is 602 g/mol. The molecule has 292 valence electrons. The van der Waals surface area contributed by atoms with Crippen LogP contribution in [0, 0.1) is 0 Å². The van der Waals surface area contributed by atoms with E-state index in [2.05, 4.69) is 19.2 Å². The number of unbranched alkanes of at least 4 members (excludes halogenated alkanes) is 34. The minimum Gasteiger partial charge on any atom is -0.394 e. The summed E-state index contributed by atoms with van der Waals surface area (Å²) in [5.74, 6) is -0.0591. The van der Waals surface area contributed by atoms with Gasteiger partial charge in [0.1, 0.15) is 0 Å². The molecule has 0 saturated heterocycles. The number of allylic oxidation sites excluding steroid dienone is 1. The number of nitrogens with one attached hydrogen (secondary N) is 1. The first kappa shape index (κ1) is 48.1. The van der Waals surface area contributed by atoms with Gasteiger partial charge in [0.05, 0.1) is 18.8 Å². The molecule has 0 aromatic heterocycles. The van der Waals surface area contributed by atoms with Crippen molar-refractivity contribution in [2.75, 3.05) is 6.61 Å². The smallest absolute Gasteiger partial charge is 0.220 e. The second kappa shape index (κ2) is 41.5. The van der Waals surface area contributed by atoms with Gasteiger partial charge in [-0.05, 0) is 19.3 Å². The second-order valence-corrected chi connectivity index (χ2v) is 15.5. The third-order valence-electron chi connectivity index (χ3n) is 10.5. The number of aliphatic hydroxyl groups is 2. The lowest BCUT2D eigenvalue weighted by molar-refractivity contribution is -0.123. The maximum atomic E-state index is 12.4. The lowest BCUT2D eigenvalue weighted by atomic mass is 10.0. The van der Waals surface area contributed by atoms with Gasteiger partial charge in [-0.2, -0.15) is 0 Å². The third-order valence-corrected chi connectivity index (χ3v) is 10.5. The monoisotopic (exact) mass is 692 g/mol. The van der Waals surface area contributed by atoms with E-state index in [0.29, 0.717) is 6.42 Å². The highest BCUT2D eigenvalue weighted by Gasteiger charge is 2.17. The predicted octanol–water partition coefficient (Wildman–Crippen LogP) is 13.9. The quantitative estimate of drug-likeness (QED) is 0.0441. The highest BCUT2D eigenvalue weighted by Crippen LogP contribution is 2.16. The van der Waals surface area contributed by atoms with Crippen molar-refractivity contribution in [3.63, 3.8) is 0 Å². The summed E-state index contributed by atoms with van der Waals surface area (Å²) in [4.78, 5) is 12.4. The number of rotatable bonds is 41. The van der Waals surface area contributed by atoms with Crippen LogP contribution in [-0.2, 0) is 4.79 Å². The summed E-state index contributed by atoms with van der Waals surface area (Å²) >= 11 is 0. The molecule has 0 rings (SSSR count). The van der Waals surface area contributed by atoms with Gasteiger partial charge in [0.2, 0.25) is 5.91 Å². The van der Waals surface area contributed by atoms with Crippen LogP contribution in [0.1, 0.15) is 251 Å². The Morgan fingerprint density at radius 1 is 0.469 bits per heavy atom. The Hall–Kier alpha value is -0.870. The molecule has 3 N–H and O–H groups in total. The molecule has 49 heavy (non-hydrogen) atoms. The predicted molar refractivity (Wildman–Crippen MR) is 216 cm³/mol. The molecule has 4 heteroatoms. The van der Waals surface area contributed by atoms with Gasteiger partial charge < -0.3 is 15.5 Å². The summed E-state index contributed by atoms with van der Waals surface area (Å²) in [6.45, 7) is 4.33. The van der Waals surface area contributed by atoms with Gasteiger partial charge in [-0.25, -0.2) is 0 Å². The van der Waals surface area contributed by atoms with Gasteiger partial charge in [-0.1, -0.05) is 238 Å². The van der Waals surface area contributed by atoms with Gasteiger partial charge in [-0.3, -0.25) is 4.79 Å². The van der Waals surface area contributed by atoms with Crippen molar-refractivity contribution in [1.29, 1.82) is 0 Å². The second-order valence-electron chi connectivity index (χ2n) is 15.5. The summed E-state index contributed by atoms with van der Waals surface area (Å²) in [6.07, 6.45) is 51.8. The van der Waals surface area contributed by atoms with E-state index in [4.69, 9.17) is 0 Å². The van der Waals surface area contributed by atoms with E-state index in [9.17, 15) is 15.0 Å². The molecule has 4 nitrogen and oxygen atoms in total. The molecule has 1 amide bonds. The summed E-state index contributed by atoms with van der Waals surface area (Å²) in [5, 5.41) is 23.0. The molecule has 0 aliphatic heterocycles. The Balaban J connectivity index is 3.52. The average molecular weight is 692 g/mol. The van der Waals surface area contributed by atoms with Crippen LogP contribution in [0.15, 0.2) is 12.2 Å². The molecule has 0 aliphatic rings.